The van der Waals surface area contributed by atoms with Crippen molar-refractivity contribution < 1.29 is 13.5 Å². The fraction of sp³-hybridized carbons (Fsp3) is 0.600. The van der Waals surface area contributed by atoms with Gasteiger partial charge in [-0.15, -0.1) is 0 Å². The van der Waals surface area contributed by atoms with Crippen molar-refractivity contribution in [1.82, 2.24) is 4.72 Å². The van der Waals surface area contributed by atoms with Gasteiger partial charge >= 0.3 is 0 Å². The summed E-state index contributed by atoms with van der Waals surface area (Å²) in [6.07, 6.45) is 3.25. The minimum absolute atomic E-state index is 0.0316. The van der Waals surface area contributed by atoms with Crippen LogP contribution in [0.2, 0.25) is 5.02 Å². The average molecular weight is 332 g/mol. The summed E-state index contributed by atoms with van der Waals surface area (Å²) < 4.78 is 27.2. The Hall–Kier alpha value is -0.620. The molecule has 0 aliphatic heterocycles. The van der Waals surface area contributed by atoms with E-state index in [9.17, 15) is 13.5 Å². The van der Waals surface area contributed by atoms with Crippen LogP contribution in [0.15, 0.2) is 23.1 Å². The molecule has 1 aliphatic rings. The van der Waals surface area contributed by atoms with E-state index in [1.165, 1.54) is 6.07 Å². The monoisotopic (exact) mass is 331 g/mol. The van der Waals surface area contributed by atoms with Gasteiger partial charge in [0.2, 0.25) is 10.0 Å². The van der Waals surface area contributed by atoms with E-state index in [4.69, 9.17) is 11.6 Å². The molecule has 2 rings (SSSR count). The lowest BCUT2D eigenvalue weighted by Crippen LogP contribution is -2.45. The van der Waals surface area contributed by atoms with E-state index in [0.29, 0.717) is 18.8 Å². The first-order valence-corrected chi connectivity index (χ1v) is 9.06. The maximum absolute atomic E-state index is 12.3. The summed E-state index contributed by atoms with van der Waals surface area (Å²) in [5.74, 6) is 0.413. The zero-order chi connectivity index (χ0) is 15.7. The van der Waals surface area contributed by atoms with Crippen molar-refractivity contribution >= 4 is 21.6 Å². The fourth-order valence-electron chi connectivity index (χ4n) is 2.92. The maximum Gasteiger partial charge on any atom is 0.242 e. The van der Waals surface area contributed by atoms with Crippen LogP contribution in [0, 0.1) is 12.8 Å². The minimum Gasteiger partial charge on any atom is -0.389 e. The second-order valence-corrected chi connectivity index (χ2v) is 8.33. The van der Waals surface area contributed by atoms with Crippen LogP contribution >= 0.6 is 11.6 Å². The highest BCUT2D eigenvalue weighted by atomic mass is 35.5. The van der Waals surface area contributed by atoms with E-state index in [0.717, 1.165) is 18.4 Å². The minimum atomic E-state index is -3.70. The summed E-state index contributed by atoms with van der Waals surface area (Å²) in [6, 6.07) is 4.82. The number of hydrogen-bond donors (Lipinski definition) is 2. The Labute approximate surface area is 131 Å². The van der Waals surface area contributed by atoms with Gasteiger partial charge in [-0.1, -0.05) is 37.4 Å². The summed E-state index contributed by atoms with van der Waals surface area (Å²) in [7, 11) is -3.70. The first-order chi connectivity index (χ1) is 9.72. The smallest absolute Gasteiger partial charge is 0.242 e. The van der Waals surface area contributed by atoms with Crippen molar-refractivity contribution in [3.8, 4) is 0 Å². The van der Waals surface area contributed by atoms with Gasteiger partial charge in [-0.2, -0.15) is 0 Å². The zero-order valence-corrected chi connectivity index (χ0v) is 14.0. The van der Waals surface area contributed by atoms with Gasteiger partial charge in [0.1, 0.15) is 4.90 Å². The molecule has 0 radical (unpaired) electrons. The van der Waals surface area contributed by atoms with Crippen molar-refractivity contribution in [2.24, 2.45) is 5.92 Å². The van der Waals surface area contributed by atoms with Gasteiger partial charge in [0.15, 0.2) is 0 Å². The van der Waals surface area contributed by atoms with Gasteiger partial charge in [-0.3, -0.25) is 0 Å². The number of benzene rings is 1. The Morgan fingerprint density at radius 3 is 2.81 bits per heavy atom. The van der Waals surface area contributed by atoms with Crippen molar-refractivity contribution in [2.45, 2.75) is 50.0 Å². The molecule has 21 heavy (non-hydrogen) atoms. The van der Waals surface area contributed by atoms with E-state index in [2.05, 4.69) is 11.6 Å². The van der Waals surface area contributed by atoms with Gasteiger partial charge in [-0.05, 0) is 43.4 Å². The Morgan fingerprint density at radius 2 is 2.19 bits per heavy atom. The van der Waals surface area contributed by atoms with Crippen LogP contribution in [0.3, 0.4) is 0 Å². The largest absolute Gasteiger partial charge is 0.389 e. The van der Waals surface area contributed by atoms with E-state index in [1.807, 2.05) is 6.92 Å². The van der Waals surface area contributed by atoms with E-state index >= 15 is 0 Å². The molecule has 2 atom stereocenters. The molecule has 6 heteroatoms. The highest BCUT2D eigenvalue weighted by molar-refractivity contribution is 7.89. The normalized spacial score (nSPS) is 26.8. The van der Waals surface area contributed by atoms with Crippen molar-refractivity contribution in [3.63, 3.8) is 0 Å². The van der Waals surface area contributed by atoms with Gasteiger partial charge in [-0.25, -0.2) is 13.1 Å². The van der Waals surface area contributed by atoms with Crippen LogP contribution in [-0.2, 0) is 10.0 Å². The fourth-order valence-corrected chi connectivity index (χ4v) is 4.64. The summed E-state index contributed by atoms with van der Waals surface area (Å²) in [6.45, 7) is 3.96. The third-order valence-electron chi connectivity index (χ3n) is 4.04. The number of hydrogen-bond acceptors (Lipinski definition) is 3. The van der Waals surface area contributed by atoms with Gasteiger partial charge in [0.25, 0.3) is 0 Å². The quantitative estimate of drug-likeness (QED) is 0.891. The predicted octanol–water partition coefficient (Wildman–Crippen LogP) is 2.87. The summed E-state index contributed by atoms with van der Waals surface area (Å²) in [4.78, 5) is 0.0576. The molecule has 1 saturated carbocycles. The SMILES string of the molecule is Cc1ccc(S(=O)(=O)NCC2(O)CCCC(C)C2)c(Cl)c1. The van der Waals surface area contributed by atoms with Crippen LogP contribution < -0.4 is 4.72 Å². The van der Waals surface area contributed by atoms with Crippen LogP contribution in [-0.4, -0.2) is 25.7 Å². The molecule has 1 aromatic rings. The number of sulfonamides is 1. The lowest BCUT2D eigenvalue weighted by molar-refractivity contribution is -0.00751. The molecular formula is C15H22ClNO3S. The second kappa shape index (κ2) is 6.24. The molecule has 1 fully saturated rings. The molecule has 0 saturated heterocycles. The zero-order valence-electron chi connectivity index (χ0n) is 12.4. The summed E-state index contributed by atoms with van der Waals surface area (Å²) in [5, 5.41) is 10.7. The van der Waals surface area contributed by atoms with Crippen LogP contribution in [0.1, 0.15) is 38.2 Å². The number of halogens is 1. The van der Waals surface area contributed by atoms with E-state index in [1.54, 1.807) is 12.1 Å². The number of rotatable bonds is 4. The van der Waals surface area contributed by atoms with Gasteiger partial charge < -0.3 is 5.11 Å². The Kier molecular flexibility index (Phi) is 4.98. The molecule has 0 spiro atoms. The molecule has 2 N–H and O–H groups in total. The number of nitrogens with one attached hydrogen (secondary N) is 1. The Bertz CT molecular complexity index is 617. The van der Waals surface area contributed by atoms with Crippen molar-refractivity contribution in [1.29, 1.82) is 0 Å². The number of aryl methyl sites for hydroxylation is 1. The van der Waals surface area contributed by atoms with Crippen molar-refractivity contribution in [2.75, 3.05) is 6.54 Å². The van der Waals surface area contributed by atoms with E-state index < -0.39 is 15.6 Å². The molecule has 4 nitrogen and oxygen atoms in total. The molecule has 0 heterocycles. The highest BCUT2D eigenvalue weighted by Crippen LogP contribution is 2.32. The molecule has 1 aromatic carbocycles. The standard InChI is InChI=1S/C15H22ClNO3S/c1-11-5-6-14(13(16)8-11)21(19,20)17-10-15(18)7-3-4-12(2)9-15/h5-6,8,12,17-18H,3-4,7,9-10H2,1-2H3. The van der Waals surface area contributed by atoms with Gasteiger partial charge in [0, 0.05) is 6.54 Å². The molecule has 118 valence electrons. The lowest BCUT2D eigenvalue weighted by Gasteiger charge is -2.35. The predicted molar refractivity (Wildman–Crippen MR) is 84.0 cm³/mol. The first kappa shape index (κ1) is 16.7. The van der Waals surface area contributed by atoms with Crippen LogP contribution in [0.5, 0.6) is 0 Å². The second-order valence-electron chi connectivity index (χ2n) is 6.18. The number of aliphatic hydroxyl groups is 1. The third-order valence-corrected chi connectivity index (χ3v) is 5.92. The summed E-state index contributed by atoms with van der Waals surface area (Å²) in [5.41, 5.74) is -0.0549. The van der Waals surface area contributed by atoms with Gasteiger partial charge in [0.05, 0.1) is 10.6 Å². The molecule has 0 amide bonds. The molecular weight excluding hydrogens is 310 g/mol. The molecule has 2 unspecified atom stereocenters. The Morgan fingerprint density at radius 1 is 1.48 bits per heavy atom. The van der Waals surface area contributed by atoms with Crippen molar-refractivity contribution in [3.05, 3.63) is 28.8 Å². The maximum atomic E-state index is 12.3. The average Bonchev–Trinajstić information content (AvgIpc) is 2.36. The third kappa shape index (κ3) is 4.19. The molecule has 1 aliphatic carbocycles. The highest BCUT2D eigenvalue weighted by Gasteiger charge is 2.34. The van der Waals surface area contributed by atoms with E-state index in [-0.39, 0.29) is 16.5 Å². The molecule has 0 bridgehead atoms. The Balaban J connectivity index is 2.11. The lowest BCUT2D eigenvalue weighted by atomic mass is 9.79. The van der Waals surface area contributed by atoms with Crippen LogP contribution in [0.4, 0.5) is 0 Å². The summed E-state index contributed by atoms with van der Waals surface area (Å²) >= 11 is 6.01. The topological polar surface area (TPSA) is 66.4 Å². The first-order valence-electron chi connectivity index (χ1n) is 7.20. The molecule has 0 aromatic heterocycles. The van der Waals surface area contributed by atoms with Crippen LogP contribution in [0.25, 0.3) is 0 Å².